The molecule has 180 valence electrons. The maximum atomic E-state index is 13.6. The first kappa shape index (κ1) is 23.9. The first-order valence-electron chi connectivity index (χ1n) is 10.6. The van der Waals surface area contributed by atoms with Crippen LogP contribution in [0.15, 0.2) is 63.5 Å². The number of methoxy groups -OCH3 is 1. The second kappa shape index (κ2) is 9.55. The number of phenolic OH excluding ortho intramolecular Hbond substituents is 1. The Kier molecular flexibility index (Phi) is 6.52. The van der Waals surface area contributed by atoms with Crippen molar-refractivity contribution in [3.63, 3.8) is 0 Å². The van der Waals surface area contributed by atoms with Crippen molar-refractivity contribution < 1.29 is 24.3 Å². The molecule has 0 fully saturated rings. The fourth-order valence-corrected chi connectivity index (χ4v) is 4.91. The zero-order chi connectivity index (χ0) is 25.3. The molecule has 1 aromatic heterocycles. The number of esters is 1. The standard InChI is InChI=1S/C24H21N3O7S/c1-4-34-23(30)19-13(2)25-24-26(20(19)14-7-5-9-16(11-14)33-3)22(29)18(35-24)12-15-8-6-10-17(21(15)28)27(31)32/h5-12,20,28H,4H2,1-3H3/b18-12+/t20-/m0/s1. The van der Waals surface area contributed by atoms with Gasteiger partial charge in [0, 0.05) is 11.6 Å². The van der Waals surface area contributed by atoms with Crippen molar-refractivity contribution >= 4 is 29.1 Å². The van der Waals surface area contributed by atoms with E-state index in [-0.39, 0.29) is 22.3 Å². The second-order valence-electron chi connectivity index (χ2n) is 7.55. The van der Waals surface area contributed by atoms with E-state index in [1.165, 1.54) is 36.0 Å². The molecule has 1 aliphatic heterocycles. The highest BCUT2D eigenvalue weighted by Gasteiger charge is 2.33. The Morgan fingerprint density at radius 1 is 1.31 bits per heavy atom. The molecule has 0 radical (unpaired) electrons. The smallest absolute Gasteiger partial charge is 0.338 e. The number of thiazole rings is 1. The number of nitro benzene ring substituents is 1. The van der Waals surface area contributed by atoms with E-state index in [1.54, 1.807) is 38.1 Å². The third-order valence-electron chi connectivity index (χ3n) is 5.46. The molecule has 35 heavy (non-hydrogen) atoms. The molecule has 0 spiro atoms. The number of aromatic nitrogens is 1. The number of ether oxygens (including phenoxy) is 2. The van der Waals surface area contributed by atoms with E-state index in [2.05, 4.69) is 4.99 Å². The number of rotatable bonds is 6. The number of nitro groups is 1. The Labute approximate surface area is 202 Å². The van der Waals surface area contributed by atoms with E-state index in [1.807, 2.05) is 0 Å². The number of benzene rings is 2. The monoisotopic (exact) mass is 495 g/mol. The number of fused-ring (bicyclic) bond motifs is 1. The summed E-state index contributed by atoms with van der Waals surface area (Å²) in [7, 11) is 1.52. The highest BCUT2D eigenvalue weighted by atomic mass is 32.1. The molecule has 0 aliphatic carbocycles. The van der Waals surface area contributed by atoms with Gasteiger partial charge in [-0.1, -0.05) is 35.6 Å². The van der Waals surface area contributed by atoms with E-state index in [9.17, 15) is 24.8 Å². The van der Waals surface area contributed by atoms with Crippen molar-refractivity contribution in [2.45, 2.75) is 19.9 Å². The Morgan fingerprint density at radius 2 is 2.06 bits per heavy atom. The lowest BCUT2D eigenvalue weighted by Gasteiger charge is -2.25. The summed E-state index contributed by atoms with van der Waals surface area (Å²) in [6.45, 7) is 3.51. The maximum absolute atomic E-state index is 13.6. The molecule has 2 aromatic carbocycles. The molecule has 1 N–H and O–H groups in total. The molecule has 2 heterocycles. The minimum absolute atomic E-state index is 0.115. The molecule has 1 atom stereocenters. The lowest BCUT2D eigenvalue weighted by molar-refractivity contribution is -0.385. The zero-order valence-electron chi connectivity index (χ0n) is 19.0. The topological polar surface area (TPSA) is 133 Å². The third kappa shape index (κ3) is 4.33. The van der Waals surface area contributed by atoms with Gasteiger partial charge in [0.1, 0.15) is 5.75 Å². The fourth-order valence-electron chi connectivity index (χ4n) is 3.87. The number of allylic oxidation sites excluding steroid dienone is 1. The lowest BCUT2D eigenvalue weighted by atomic mass is 9.95. The van der Waals surface area contributed by atoms with Crippen LogP contribution in [0.1, 0.15) is 31.0 Å². The Bertz CT molecular complexity index is 1550. The summed E-state index contributed by atoms with van der Waals surface area (Å²) in [5.74, 6) is -0.591. The summed E-state index contributed by atoms with van der Waals surface area (Å²) in [6, 6.07) is 10.2. The first-order valence-corrected chi connectivity index (χ1v) is 11.4. The maximum Gasteiger partial charge on any atom is 0.338 e. The number of para-hydroxylation sites is 1. The largest absolute Gasteiger partial charge is 0.502 e. The fraction of sp³-hybridized carbons (Fsp3) is 0.208. The van der Waals surface area contributed by atoms with Crippen LogP contribution in [0.2, 0.25) is 0 Å². The van der Waals surface area contributed by atoms with Crippen molar-refractivity contribution in [2.75, 3.05) is 13.7 Å². The van der Waals surface area contributed by atoms with Crippen LogP contribution in [0.25, 0.3) is 6.08 Å². The van der Waals surface area contributed by atoms with Crippen molar-refractivity contribution in [3.8, 4) is 11.5 Å². The van der Waals surface area contributed by atoms with Gasteiger partial charge in [0.2, 0.25) is 5.75 Å². The minimum atomic E-state index is -0.832. The molecule has 4 rings (SSSR count). The summed E-state index contributed by atoms with van der Waals surface area (Å²) in [5.41, 5.74) is 0.416. The normalized spacial score (nSPS) is 15.4. The van der Waals surface area contributed by atoms with Crippen LogP contribution in [0.5, 0.6) is 11.5 Å². The van der Waals surface area contributed by atoms with Crippen molar-refractivity contribution in [1.82, 2.24) is 4.57 Å². The molecule has 0 saturated carbocycles. The van der Waals surface area contributed by atoms with Gasteiger partial charge in [0.25, 0.3) is 5.56 Å². The number of carbonyl (C=O) groups excluding carboxylic acids is 1. The van der Waals surface area contributed by atoms with Crippen molar-refractivity contribution in [1.29, 1.82) is 0 Å². The molecule has 11 heteroatoms. The number of nitrogens with zero attached hydrogens (tertiary/aromatic N) is 3. The van der Waals surface area contributed by atoms with Gasteiger partial charge in [-0.3, -0.25) is 19.5 Å². The van der Waals surface area contributed by atoms with E-state index < -0.39 is 33.9 Å². The van der Waals surface area contributed by atoms with E-state index in [0.29, 0.717) is 21.8 Å². The molecule has 0 saturated heterocycles. The summed E-state index contributed by atoms with van der Waals surface area (Å²) < 4.78 is 12.2. The van der Waals surface area contributed by atoms with E-state index in [4.69, 9.17) is 9.47 Å². The minimum Gasteiger partial charge on any atom is -0.502 e. The predicted octanol–water partition coefficient (Wildman–Crippen LogP) is 2.42. The second-order valence-corrected chi connectivity index (χ2v) is 8.56. The van der Waals surface area contributed by atoms with Gasteiger partial charge in [0.05, 0.1) is 40.5 Å². The molecular weight excluding hydrogens is 474 g/mol. The number of hydrogen-bond acceptors (Lipinski definition) is 9. The van der Waals surface area contributed by atoms with Gasteiger partial charge in [0.15, 0.2) is 4.80 Å². The lowest BCUT2D eigenvalue weighted by Crippen LogP contribution is -2.39. The van der Waals surface area contributed by atoms with E-state index >= 15 is 0 Å². The Morgan fingerprint density at radius 3 is 2.74 bits per heavy atom. The van der Waals surface area contributed by atoms with Gasteiger partial charge < -0.3 is 14.6 Å². The van der Waals surface area contributed by atoms with Gasteiger partial charge in [-0.05, 0) is 37.6 Å². The average molecular weight is 496 g/mol. The van der Waals surface area contributed by atoms with Crippen LogP contribution in [0.4, 0.5) is 5.69 Å². The van der Waals surface area contributed by atoms with Crippen LogP contribution in [0.3, 0.4) is 0 Å². The average Bonchev–Trinajstić information content (AvgIpc) is 3.13. The number of hydrogen-bond donors (Lipinski definition) is 1. The highest BCUT2D eigenvalue weighted by Crippen LogP contribution is 2.33. The van der Waals surface area contributed by atoms with Gasteiger partial charge in [-0.25, -0.2) is 9.79 Å². The number of aromatic hydroxyl groups is 1. The van der Waals surface area contributed by atoms with Crippen molar-refractivity contribution in [3.05, 3.63) is 94.7 Å². The molecule has 0 bridgehead atoms. The van der Waals surface area contributed by atoms with Crippen LogP contribution < -0.4 is 19.6 Å². The summed E-state index contributed by atoms with van der Waals surface area (Å²) in [4.78, 5) is 41.8. The number of carbonyl (C=O) groups is 1. The quantitative estimate of drug-likeness (QED) is 0.315. The summed E-state index contributed by atoms with van der Waals surface area (Å²) in [6.07, 6.45) is 1.37. The van der Waals surface area contributed by atoms with Gasteiger partial charge >= 0.3 is 11.7 Å². The van der Waals surface area contributed by atoms with Crippen LogP contribution in [0, 0.1) is 10.1 Å². The van der Waals surface area contributed by atoms with Gasteiger partial charge in [-0.15, -0.1) is 0 Å². The number of phenols is 1. The molecular formula is C24H21N3O7S. The molecule has 1 aliphatic rings. The summed E-state index contributed by atoms with van der Waals surface area (Å²) >= 11 is 1.05. The molecule has 10 nitrogen and oxygen atoms in total. The Balaban J connectivity index is 1.98. The molecule has 0 amide bonds. The SMILES string of the molecule is CCOC(=O)C1=C(C)N=c2s/c(=C/c3cccc([N+](=O)[O-])c3O)c(=O)n2[C@H]1c1cccc(OC)c1. The van der Waals surface area contributed by atoms with E-state index in [0.717, 1.165) is 11.3 Å². The Hall–Kier alpha value is -4.25. The van der Waals surface area contributed by atoms with Crippen LogP contribution in [-0.4, -0.2) is 34.3 Å². The third-order valence-corrected chi connectivity index (χ3v) is 6.44. The molecule has 0 unspecified atom stereocenters. The molecule has 3 aromatic rings. The first-order chi connectivity index (χ1) is 16.8. The summed E-state index contributed by atoms with van der Waals surface area (Å²) in [5, 5.41) is 21.5. The highest BCUT2D eigenvalue weighted by molar-refractivity contribution is 7.07. The zero-order valence-corrected chi connectivity index (χ0v) is 19.9. The van der Waals surface area contributed by atoms with Crippen molar-refractivity contribution in [2.24, 2.45) is 4.99 Å². The predicted molar refractivity (Wildman–Crippen MR) is 128 cm³/mol. The van der Waals surface area contributed by atoms with Gasteiger partial charge in [-0.2, -0.15) is 0 Å². The van der Waals surface area contributed by atoms with Crippen LogP contribution in [-0.2, 0) is 9.53 Å². The van der Waals surface area contributed by atoms with Crippen LogP contribution >= 0.6 is 11.3 Å².